The summed E-state index contributed by atoms with van der Waals surface area (Å²) in [6, 6.07) is 5.71. The summed E-state index contributed by atoms with van der Waals surface area (Å²) in [7, 11) is 0. The third-order valence-electron chi connectivity index (χ3n) is 2.32. The monoisotopic (exact) mass is 408 g/mol. The highest BCUT2D eigenvalue weighted by atomic mass is 127. The lowest BCUT2D eigenvalue weighted by Gasteiger charge is -2.05. The van der Waals surface area contributed by atoms with Gasteiger partial charge in [-0.25, -0.2) is 4.98 Å². The second kappa shape index (κ2) is 6.53. The van der Waals surface area contributed by atoms with Crippen molar-refractivity contribution in [2.24, 2.45) is 0 Å². The van der Waals surface area contributed by atoms with Crippen molar-refractivity contribution in [3.8, 4) is 0 Å². The molecule has 0 aliphatic heterocycles. The Morgan fingerprint density at radius 2 is 2.32 bits per heavy atom. The summed E-state index contributed by atoms with van der Waals surface area (Å²) in [6.45, 7) is 0. The lowest BCUT2D eigenvalue weighted by atomic mass is 10.2. The highest BCUT2D eigenvalue weighted by Crippen LogP contribution is 2.28. The molecule has 100 valence electrons. The van der Waals surface area contributed by atoms with Gasteiger partial charge >= 0.3 is 5.97 Å². The minimum Gasteiger partial charge on any atom is -0.481 e. The first kappa shape index (κ1) is 14.5. The summed E-state index contributed by atoms with van der Waals surface area (Å²) in [5.41, 5.74) is 1.57. The number of aromatic nitrogens is 1. The maximum Gasteiger partial charge on any atom is 0.303 e. The van der Waals surface area contributed by atoms with E-state index >= 15 is 0 Å². The van der Waals surface area contributed by atoms with Gasteiger partial charge in [0, 0.05) is 15.4 Å². The summed E-state index contributed by atoms with van der Waals surface area (Å²) < 4.78 is 1.06. The minimum atomic E-state index is -0.816. The van der Waals surface area contributed by atoms with E-state index in [1.807, 2.05) is 23.6 Å². The first-order chi connectivity index (χ1) is 9.04. The van der Waals surface area contributed by atoms with Crippen LogP contribution < -0.4 is 5.32 Å². The number of carboxylic acid groups (broad SMARTS) is 1. The zero-order chi connectivity index (χ0) is 13.8. The van der Waals surface area contributed by atoms with Gasteiger partial charge < -0.3 is 10.4 Å². The molecule has 1 aromatic carbocycles. The fourth-order valence-electron chi connectivity index (χ4n) is 1.42. The molecule has 2 aromatic rings. The molecule has 0 aliphatic carbocycles. The predicted molar refractivity (Wildman–Crippen MR) is 85.5 cm³/mol. The van der Waals surface area contributed by atoms with Crippen LogP contribution in [0.1, 0.15) is 12.1 Å². The van der Waals surface area contributed by atoms with Crippen LogP contribution in [0.2, 0.25) is 5.02 Å². The quantitative estimate of drug-likeness (QED) is 0.729. The Balaban J connectivity index is 2.05. The van der Waals surface area contributed by atoms with Gasteiger partial charge in [-0.1, -0.05) is 11.6 Å². The molecule has 0 radical (unpaired) electrons. The van der Waals surface area contributed by atoms with Crippen LogP contribution in [0.3, 0.4) is 0 Å². The third-order valence-corrected chi connectivity index (χ3v) is 4.11. The molecule has 2 rings (SSSR count). The van der Waals surface area contributed by atoms with Gasteiger partial charge in [-0.15, -0.1) is 11.3 Å². The fourth-order valence-corrected chi connectivity index (χ4v) is 3.08. The topological polar surface area (TPSA) is 62.2 Å². The first-order valence-corrected chi connectivity index (χ1v) is 7.76. The van der Waals surface area contributed by atoms with Gasteiger partial charge in [-0.05, 0) is 40.8 Å². The first-order valence-electron chi connectivity index (χ1n) is 5.43. The number of aryl methyl sites for hydroxylation is 1. The Hall–Kier alpha value is -0.860. The molecule has 0 aliphatic rings. The minimum absolute atomic E-state index is 0.0907. The SMILES string of the molecule is O=C(O)CCc1csc(Nc2ccc(I)cc2Cl)n1. The second-order valence-electron chi connectivity index (χ2n) is 3.79. The molecule has 7 heteroatoms. The zero-order valence-corrected chi connectivity index (χ0v) is 13.4. The van der Waals surface area contributed by atoms with Gasteiger partial charge in [0.15, 0.2) is 5.13 Å². The Morgan fingerprint density at radius 1 is 1.53 bits per heavy atom. The van der Waals surface area contributed by atoms with E-state index in [1.165, 1.54) is 11.3 Å². The van der Waals surface area contributed by atoms with E-state index in [0.29, 0.717) is 16.6 Å². The Morgan fingerprint density at radius 3 is 3.00 bits per heavy atom. The number of nitrogens with zero attached hydrogens (tertiary/aromatic N) is 1. The molecule has 4 nitrogen and oxygen atoms in total. The number of anilines is 2. The van der Waals surface area contributed by atoms with Crippen molar-refractivity contribution in [1.29, 1.82) is 0 Å². The maximum atomic E-state index is 10.5. The van der Waals surface area contributed by atoms with E-state index in [1.54, 1.807) is 0 Å². The molecular weight excluding hydrogens is 399 g/mol. The Kier molecular flexibility index (Phi) is 5.00. The number of aliphatic carboxylic acids is 1. The van der Waals surface area contributed by atoms with Crippen LogP contribution in [0.4, 0.5) is 10.8 Å². The van der Waals surface area contributed by atoms with Crippen molar-refractivity contribution in [3.05, 3.63) is 37.9 Å². The number of rotatable bonds is 5. The Labute approximate surface area is 133 Å². The second-order valence-corrected chi connectivity index (χ2v) is 6.30. The molecule has 0 fully saturated rings. The van der Waals surface area contributed by atoms with Gasteiger partial charge in [-0.3, -0.25) is 4.79 Å². The van der Waals surface area contributed by atoms with Gasteiger partial charge in [0.25, 0.3) is 0 Å². The van der Waals surface area contributed by atoms with Crippen LogP contribution in [0, 0.1) is 3.57 Å². The molecule has 0 spiro atoms. The molecule has 0 amide bonds. The molecule has 2 N–H and O–H groups in total. The summed E-state index contributed by atoms with van der Waals surface area (Å²) in [5.74, 6) is -0.816. The molecule has 19 heavy (non-hydrogen) atoms. The summed E-state index contributed by atoms with van der Waals surface area (Å²) >= 11 is 9.75. The maximum absolute atomic E-state index is 10.5. The number of halogens is 2. The van der Waals surface area contributed by atoms with Crippen molar-refractivity contribution in [1.82, 2.24) is 4.98 Å². The summed E-state index contributed by atoms with van der Waals surface area (Å²) in [5, 5.41) is 15.0. The van der Waals surface area contributed by atoms with Crippen LogP contribution in [-0.4, -0.2) is 16.1 Å². The average Bonchev–Trinajstić information content (AvgIpc) is 2.78. The number of hydrogen-bond donors (Lipinski definition) is 2. The van der Waals surface area contributed by atoms with Crippen molar-refractivity contribution < 1.29 is 9.90 Å². The number of thiazole rings is 1. The molecule has 0 saturated carbocycles. The number of carbonyl (C=O) groups is 1. The highest BCUT2D eigenvalue weighted by Gasteiger charge is 2.07. The van der Waals surface area contributed by atoms with Crippen LogP contribution in [0.15, 0.2) is 23.6 Å². The standard InChI is InChI=1S/C12H10ClIN2O2S/c13-9-5-7(14)1-3-10(9)16-12-15-8(6-19-12)2-4-11(17)18/h1,3,5-6H,2,4H2,(H,15,16)(H,17,18). The van der Waals surface area contributed by atoms with Crippen molar-refractivity contribution in [2.75, 3.05) is 5.32 Å². The van der Waals surface area contributed by atoms with E-state index in [2.05, 4.69) is 32.9 Å². The van der Waals surface area contributed by atoms with Crippen molar-refractivity contribution >= 4 is 62.3 Å². The van der Waals surface area contributed by atoms with E-state index < -0.39 is 5.97 Å². The third kappa shape index (κ3) is 4.32. The number of benzene rings is 1. The number of hydrogen-bond acceptors (Lipinski definition) is 4. The average molecular weight is 409 g/mol. The van der Waals surface area contributed by atoms with E-state index in [9.17, 15) is 4.79 Å². The van der Waals surface area contributed by atoms with Crippen LogP contribution in [0.5, 0.6) is 0 Å². The molecule has 1 aromatic heterocycles. The largest absolute Gasteiger partial charge is 0.481 e. The molecule has 0 atom stereocenters. The van der Waals surface area contributed by atoms with Gasteiger partial charge in [0.05, 0.1) is 22.8 Å². The summed E-state index contributed by atoms with van der Waals surface area (Å²) in [4.78, 5) is 14.8. The zero-order valence-electron chi connectivity index (χ0n) is 9.69. The van der Waals surface area contributed by atoms with Crippen molar-refractivity contribution in [3.63, 3.8) is 0 Å². The van der Waals surface area contributed by atoms with E-state index in [0.717, 1.165) is 15.0 Å². The summed E-state index contributed by atoms with van der Waals surface area (Å²) in [6.07, 6.45) is 0.529. The van der Waals surface area contributed by atoms with Gasteiger partial charge in [-0.2, -0.15) is 0 Å². The van der Waals surface area contributed by atoms with E-state index in [4.69, 9.17) is 16.7 Å². The highest BCUT2D eigenvalue weighted by molar-refractivity contribution is 14.1. The normalized spacial score (nSPS) is 10.4. The van der Waals surface area contributed by atoms with Crippen LogP contribution >= 0.6 is 45.5 Å². The Bertz CT molecular complexity index is 603. The van der Waals surface area contributed by atoms with E-state index in [-0.39, 0.29) is 6.42 Å². The molecular formula is C12H10ClIN2O2S. The molecule has 0 unspecified atom stereocenters. The van der Waals surface area contributed by atoms with Gasteiger partial charge in [0.2, 0.25) is 0 Å². The molecule has 0 saturated heterocycles. The van der Waals surface area contributed by atoms with Crippen LogP contribution in [0.25, 0.3) is 0 Å². The predicted octanol–water partition coefficient (Wildman–Crippen LogP) is 4.16. The number of nitrogens with one attached hydrogen (secondary N) is 1. The number of carboxylic acids is 1. The lowest BCUT2D eigenvalue weighted by Crippen LogP contribution is -1.98. The molecule has 0 bridgehead atoms. The smallest absolute Gasteiger partial charge is 0.303 e. The van der Waals surface area contributed by atoms with Crippen LogP contribution in [-0.2, 0) is 11.2 Å². The fraction of sp³-hybridized carbons (Fsp3) is 0.167. The van der Waals surface area contributed by atoms with Crippen molar-refractivity contribution in [2.45, 2.75) is 12.8 Å². The lowest BCUT2D eigenvalue weighted by molar-refractivity contribution is -0.136. The van der Waals surface area contributed by atoms with Gasteiger partial charge in [0.1, 0.15) is 0 Å². The molecule has 1 heterocycles.